The molecule has 1 unspecified atom stereocenters. The summed E-state index contributed by atoms with van der Waals surface area (Å²) >= 11 is 0. The first-order chi connectivity index (χ1) is 10.3. The lowest BCUT2D eigenvalue weighted by atomic mass is 9.95. The Morgan fingerprint density at radius 1 is 1.35 bits per heavy atom. The smallest absolute Gasteiger partial charge is 0.364 e. The highest BCUT2D eigenvalue weighted by Gasteiger charge is 2.38. The molecule has 23 heavy (non-hydrogen) atoms. The van der Waals surface area contributed by atoms with Crippen molar-refractivity contribution >= 4 is 17.5 Å². The number of nitrogens with zero attached hydrogens (tertiary/aromatic N) is 2. The second-order valence-electron chi connectivity index (χ2n) is 6.38. The van der Waals surface area contributed by atoms with E-state index in [1.165, 1.54) is 0 Å². The van der Waals surface area contributed by atoms with Crippen LogP contribution in [0.15, 0.2) is 42.6 Å². The van der Waals surface area contributed by atoms with Crippen LogP contribution in [0.2, 0.25) is 0 Å². The van der Waals surface area contributed by atoms with Crippen LogP contribution in [0.1, 0.15) is 34.1 Å². The van der Waals surface area contributed by atoms with Gasteiger partial charge in [-0.05, 0) is 19.1 Å². The van der Waals surface area contributed by atoms with Gasteiger partial charge in [0.15, 0.2) is 5.54 Å². The van der Waals surface area contributed by atoms with Gasteiger partial charge >= 0.3 is 5.90 Å². The predicted molar refractivity (Wildman–Crippen MR) is 89.2 cm³/mol. The van der Waals surface area contributed by atoms with Gasteiger partial charge in [-0.1, -0.05) is 18.2 Å². The Balaban J connectivity index is 0.00000264. The molecule has 0 saturated heterocycles. The van der Waals surface area contributed by atoms with Crippen LogP contribution < -0.4 is 28.9 Å². The number of rotatable bonds is 3. The summed E-state index contributed by atoms with van der Waals surface area (Å²) in [5, 5.41) is 0. The normalized spacial score (nSPS) is 20.0. The molecule has 0 fully saturated rings. The lowest BCUT2D eigenvalue weighted by Crippen LogP contribution is -3.00. The van der Waals surface area contributed by atoms with Crippen molar-refractivity contribution in [1.29, 1.82) is 0 Å². The van der Waals surface area contributed by atoms with Gasteiger partial charge in [0, 0.05) is 39.1 Å². The minimum Gasteiger partial charge on any atom is -1.00 e. The molecular formula is C18H25IN2O2. The van der Waals surface area contributed by atoms with Gasteiger partial charge in [-0.2, -0.15) is 4.58 Å². The van der Waals surface area contributed by atoms with Crippen LogP contribution >= 0.6 is 0 Å². The number of carbonyl (C=O) groups is 1. The van der Waals surface area contributed by atoms with Crippen molar-refractivity contribution in [2.75, 3.05) is 11.9 Å². The Morgan fingerprint density at radius 3 is 2.52 bits per heavy atom. The van der Waals surface area contributed by atoms with Crippen molar-refractivity contribution in [3.05, 3.63) is 42.6 Å². The van der Waals surface area contributed by atoms with E-state index in [2.05, 4.69) is 25.3 Å². The third-order valence-corrected chi connectivity index (χ3v) is 4.09. The predicted octanol–water partition coefficient (Wildman–Crippen LogP) is 0.185. The van der Waals surface area contributed by atoms with Crippen molar-refractivity contribution in [3.63, 3.8) is 0 Å². The van der Waals surface area contributed by atoms with Crippen molar-refractivity contribution in [2.45, 2.75) is 45.8 Å². The first-order valence-electron chi connectivity index (χ1n) is 7.62. The Kier molecular flexibility index (Phi) is 6.80. The molecule has 4 nitrogen and oxygen atoms in total. The Morgan fingerprint density at radius 2 is 1.96 bits per heavy atom. The molecule has 1 aromatic carbocycles. The van der Waals surface area contributed by atoms with Crippen LogP contribution in [0, 0.1) is 0 Å². The van der Waals surface area contributed by atoms with Gasteiger partial charge in [0.1, 0.15) is 13.2 Å². The topological polar surface area (TPSA) is 32.5 Å². The number of benzene rings is 1. The molecule has 0 spiro atoms. The zero-order chi connectivity index (χ0) is 16.3. The largest absolute Gasteiger partial charge is 1.00 e. The average molecular weight is 428 g/mol. The lowest BCUT2D eigenvalue weighted by Gasteiger charge is -2.30. The molecule has 0 N–H and O–H groups in total. The molecule has 5 heteroatoms. The number of amides is 1. The highest BCUT2D eigenvalue weighted by molar-refractivity contribution is 5.95. The van der Waals surface area contributed by atoms with Crippen molar-refractivity contribution in [2.24, 2.45) is 0 Å². The van der Waals surface area contributed by atoms with E-state index < -0.39 is 0 Å². The number of carbonyl (C=O) groups excluding carboxylic acids is 1. The fraction of sp³-hybridized carbons (Fsp3) is 0.444. The first kappa shape index (κ1) is 19.7. The number of anilines is 1. The maximum atomic E-state index is 11.9. The summed E-state index contributed by atoms with van der Waals surface area (Å²) < 4.78 is 8.04. The monoisotopic (exact) mass is 428 g/mol. The third kappa shape index (κ3) is 4.80. The van der Waals surface area contributed by atoms with E-state index in [9.17, 15) is 4.79 Å². The summed E-state index contributed by atoms with van der Waals surface area (Å²) in [7, 11) is 2.02. The fourth-order valence-electron chi connectivity index (χ4n) is 2.72. The first-order valence-corrected chi connectivity index (χ1v) is 7.62. The van der Waals surface area contributed by atoms with E-state index in [0.717, 1.165) is 18.0 Å². The minimum atomic E-state index is -0.0335. The molecule has 0 saturated carbocycles. The molecule has 1 aliphatic rings. The van der Waals surface area contributed by atoms with Gasteiger partial charge in [0.25, 0.3) is 0 Å². The van der Waals surface area contributed by atoms with Gasteiger partial charge in [-0.3, -0.25) is 9.69 Å². The number of hydrogen-bond acceptors (Lipinski definition) is 2. The van der Waals surface area contributed by atoms with Crippen LogP contribution in [0.4, 0.5) is 5.69 Å². The van der Waals surface area contributed by atoms with Crippen molar-refractivity contribution in [3.8, 4) is 0 Å². The molecule has 0 aromatic heterocycles. The third-order valence-electron chi connectivity index (χ3n) is 4.09. The summed E-state index contributed by atoms with van der Waals surface area (Å²) in [4.78, 5) is 13.5. The molecular weight excluding hydrogens is 403 g/mol. The van der Waals surface area contributed by atoms with Gasteiger partial charge in [0.2, 0.25) is 5.91 Å². The van der Waals surface area contributed by atoms with Crippen LogP contribution in [-0.2, 0) is 9.53 Å². The summed E-state index contributed by atoms with van der Waals surface area (Å²) in [6, 6.07) is 9.59. The van der Waals surface area contributed by atoms with Gasteiger partial charge < -0.3 is 28.7 Å². The molecule has 126 valence electrons. The van der Waals surface area contributed by atoms with E-state index in [1.807, 2.05) is 43.5 Å². The highest BCUT2D eigenvalue weighted by Crippen LogP contribution is 2.23. The van der Waals surface area contributed by atoms with E-state index >= 15 is 0 Å². The van der Waals surface area contributed by atoms with Gasteiger partial charge in [0.05, 0.1) is 6.08 Å². The summed E-state index contributed by atoms with van der Waals surface area (Å²) in [6.45, 7) is 8.02. The van der Waals surface area contributed by atoms with Crippen LogP contribution in [0.3, 0.4) is 0 Å². The SMILES string of the molecule is CC(=O)N(C=CC1=[N+](C)C(C)(C)CC(C)O1)c1ccccc1.[I-]. The molecule has 1 aromatic rings. The zero-order valence-electron chi connectivity index (χ0n) is 14.4. The molecule has 1 amide bonds. The standard InChI is InChI=1S/C18H25N2O2.HI/c1-14-13-18(3,4)19(5)17(22-14)11-12-20(15(2)21)16-9-7-6-8-10-16;/h6-12,14H,13H2,1-5H3;1H/q+1;/p-1. The average Bonchev–Trinajstić information content (AvgIpc) is 2.44. The summed E-state index contributed by atoms with van der Waals surface area (Å²) in [6.07, 6.45) is 4.77. The van der Waals surface area contributed by atoms with E-state index in [1.54, 1.807) is 18.0 Å². The van der Waals surface area contributed by atoms with Crippen LogP contribution in [-0.4, -0.2) is 35.1 Å². The Bertz CT molecular complexity index is 609. The van der Waals surface area contributed by atoms with E-state index in [0.29, 0.717) is 0 Å². The molecule has 1 aliphatic heterocycles. The molecule has 1 atom stereocenters. The molecule has 0 bridgehead atoms. The van der Waals surface area contributed by atoms with E-state index in [4.69, 9.17) is 4.74 Å². The van der Waals surface area contributed by atoms with E-state index in [-0.39, 0.29) is 41.5 Å². The number of halogens is 1. The zero-order valence-corrected chi connectivity index (χ0v) is 16.6. The fourth-order valence-corrected chi connectivity index (χ4v) is 2.72. The molecule has 1 heterocycles. The number of para-hydroxylation sites is 1. The Hall–Kier alpha value is -1.37. The quantitative estimate of drug-likeness (QED) is 0.509. The van der Waals surface area contributed by atoms with Crippen LogP contribution in [0.5, 0.6) is 0 Å². The van der Waals surface area contributed by atoms with Gasteiger partial charge in [-0.25, -0.2) is 0 Å². The number of hydrogen-bond donors (Lipinski definition) is 0. The maximum absolute atomic E-state index is 11.9. The van der Waals surface area contributed by atoms with Gasteiger partial charge in [-0.15, -0.1) is 0 Å². The molecule has 0 aliphatic carbocycles. The molecule has 0 radical (unpaired) electrons. The van der Waals surface area contributed by atoms with Crippen molar-refractivity contribution in [1.82, 2.24) is 0 Å². The summed E-state index contributed by atoms with van der Waals surface area (Å²) in [5.74, 6) is 0.750. The Labute approximate surface area is 155 Å². The minimum absolute atomic E-state index is 0. The lowest BCUT2D eigenvalue weighted by molar-refractivity contribution is -0.593. The molecule has 2 rings (SSSR count). The second-order valence-corrected chi connectivity index (χ2v) is 6.38. The summed E-state index contributed by atoms with van der Waals surface area (Å²) in [5.41, 5.74) is 0.878. The van der Waals surface area contributed by atoms with Crippen LogP contribution in [0.25, 0.3) is 0 Å². The van der Waals surface area contributed by atoms with Crippen molar-refractivity contribution < 1.29 is 38.1 Å². The second kappa shape index (κ2) is 7.95. The maximum Gasteiger partial charge on any atom is 0.364 e. The highest BCUT2D eigenvalue weighted by atomic mass is 127. The number of ether oxygens (including phenoxy) is 1.